The van der Waals surface area contributed by atoms with Gasteiger partial charge in [-0.25, -0.2) is 0 Å². The molecule has 4 heteroatoms. The van der Waals surface area contributed by atoms with E-state index in [2.05, 4.69) is 17.6 Å². The van der Waals surface area contributed by atoms with Crippen LogP contribution in [-0.4, -0.2) is 25.2 Å². The van der Waals surface area contributed by atoms with Crippen molar-refractivity contribution in [1.82, 2.24) is 5.32 Å². The van der Waals surface area contributed by atoms with Crippen LogP contribution in [0, 0.1) is 0 Å². The van der Waals surface area contributed by atoms with E-state index in [-0.39, 0.29) is 12.0 Å². The molecular weight excluding hydrogens is 240 g/mol. The second-order valence-electron chi connectivity index (χ2n) is 4.70. The lowest BCUT2D eigenvalue weighted by molar-refractivity contribution is -0.117. The van der Waals surface area contributed by atoms with Gasteiger partial charge in [0.2, 0.25) is 5.91 Å². The van der Waals surface area contributed by atoms with Crippen LogP contribution in [0.5, 0.6) is 0 Å². The topological polar surface area (TPSA) is 50.4 Å². The van der Waals surface area contributed by atoms with Crippen LogP contribution in [0.2, 0.25) is 0 Å². The smallest absolute Gasteiger partial charge is 0.226 e. The zero-order valence-corrected chi connectivity index (χ0v) is 12.0. The Kier molecular flexibility index (Phi) is 7.15. The van der Waals surface area contributed by atoms with Gasteiger partial charge in [-0.1, -0.05) is 19.1 Å². The molecule has 0 unspecified atom stereocenters. The number of nitrogens with one attached hydrogen (secondary N) is 2. The minimum absolute atomic E-state index is 0.0127. The molecule has 106 valence electrons. The summed E-state index contributed by atoms with van der Waals surface area (Å²) in [5.74, 6) is -0.0127. The van der Waals surface area contributed by atoms with Crippen LogP contribution in [0.3, 0.4) is 0 Å². The predicted octanol–water partition coefficient (Wildman–Crippen LogP) is 2.55. The van der Waals surface area contributed by atoms with Gasteiger partial charge in [-0.05, 0) is 38.1 Å². The van der Waals surface area contributed by atoms with Crippen LogP contribution < -0.4 is 10.6 Å². The van der Waals surface area contributed by atoms with Crippen molar-refractivity contribution < 1.29 is 9.53 Å². The fourth-order valence-electron chi connectivity index (χ4n) is 1.64. The van der Waals surface area contributed by atoms with Crippen molar-refractivity contribution in [2.24, 2.45) is 0 Å². The Balaban J connectivity index is 2.40. The standard InChI is InChI=1S/C15H24N2O2/c1-4-16-11-13-6-5-7-14(10-13)17-15(18)8-9-19-12(2)3/h5-7,10,12,16H,4,8-9,11H2,1-3H3,(H,17,18). The second kappa shape index (κ2) is 8.67. The Morgan fingerprint density at radius 1 is 1.37 bits per heavy atom. The van der Waals surface area contributed by atoms with Gasteiger partial charge in [0.15, 0.2) is 0 Å². The third-order valence-corrected chi connectivity index (χ3v) is 2.57. The van der Waals surface area contributed by atoms with Gasteiger partial charge >= 0.3 is 0 Å². The molecule has 0 bridgehead atoms. The largest absolute Gasteiger partial charge is 0.378 e. The second-order valence-corrected chi connectivity index (χ2v) is 4.70. The monoisotopic (exact) mass is 264 g/mol. The van der Waals surface area contributed by atoms with E-state index < -0.39 is 0 Å². The normalized spacial score (nSPS) is 10.7. The lowest BCUT2D eigenvalue weighted by atomic mass is 10.2. The van der Waals surface area contributed by atoms with Gasteiger partial charge in [-0.2, -0.15) is 0 Å². The molecule has 0 aliphatic heterocycles. The summed E-state index contributed by atoms with van der Waals surface area (Å²) in [5, 5.41) is 6.14. The quantitative estimate of drug-likeness (QED) is 0.758. The maximum absolute atomic E-state index is 11.7. The Morgan fingerprint density at radius 2 is 2.16 bits per heavy atom. The van der Waals surface area contributed by atoms with Gasteiger partial charge in [0.1, 0.15) is 0 Å². The van der Waals surface area contributed by atoms with E-state index in [9.17, 15) is 4.79 Å². The Bertz CT molecular complexity index is 391. The summed E-state index contributed by atoms with van der Waals surface area (Å²) >= 11 is 0. The van der Waals surface area contributed by atoms with E-state index in [0.717, 1.165) is 24.3 Å². The highest BCUT2D eigenvalue weighted by Gasteiger charge is 2.04. The van der Waals surface area contributed by atoms with Crippen LogP contribution in [0.15, 0.2) is 24.3 Å². The molecule has 0 fully saturated rings. The minimum Gasteiger partial charge on any atom is -0.378 e. The van der Waals surface area contributed by atoms with E-state index in [1.165, 1.54) is 0 Å². The summed E-state index contributed by atoms with van der Waals surface area (Å²) in [5.41, 5.74) is 2.00. The van der Waals surface area contributed by atoms with Crippen molar-refractivity contribution in [2.45, 2.75) is 39.8 Å². The summed E-state index contributed by atoms with van der Waals surface area (Å²) in [6, 6.07) is 7.88. The van der Waals surface area contributed by atoms with E-state index in [0.29, 0.717) is 13.0 Å². The lowest BCUT2D eigenvalue weighted by Gasteiger charge is -2.09. The van der Waals surface area contributed by atoms with Gasteiger partial charge in [-0.3, -0.25) is 4.79 Å². The van der Waals surface area contributed by atoms with Crippen molar-refractivity contribution in [3.05, 3.63) is 29.8 Å². The Labute approximate surface area is 115 Å². The van der Waals surface area contributed by atoms with Crippen LogP contribution in [0.4, 0.5) is 5.69 Å². The number of carbonyl (C=O) groups is 1. The zero-order valence-electron chi connectivity index (χ0n) is 12.0. The maximum atomic E-state index is 11.7. The first-order chi connectivity index (χ1) is 9.11. The Morgan fingerprint density at radius 3 is 2.84 bits per heavy atom. The molecule has 1 rings (SSSR count). The molecule has 1 aromatic rings. The van der Waals surface area contributed by atoms with Gasteiger partial charge in [0.25, 0.3) is 0 Å². The molecular formula is C15H24N2O2. The molecule has 4 nitrogen and oxygen atoms in total. The molecule has 0 aliphatic carbocycles. The number of ether oxygens (including phenoxy) is 1. The van der Waals surface area contributed by atoms with E-state index in [4.69, 9.17) is 4.74 Å². The number of amides is 1. The average molecular weight is 264 g/mol. The van der Waals surface area contributed by atoms with Gasteiger partial charge in [-0.15, -0.1) is 0 Å². The van der Waals surface area contributed by atoms with Gasteiger partial charge < -0.3 is 15.4 Å². The number of anilines is 1. The summed E-state index contributed by atoms with van der Waals surface area (Å²) in [4.78, 5) is 11.7. The van der Waals surface area contributed by atoms with Crippen molar-refractivity contribution in [2.75, 3.05) is 18.5 Å². The number of carbonyl (C=O) groups excluding carboxylic acids is 1. The summed E-state index contributed by atoms with van der Waals surface area (Å²) in [7, 11) is 0. The highest BCUT2D eigenvalue weighted by molar-refractivity contribution is 5.90. The van der Waals surface area contributed by atoms with Crippen LogP contribution in [0.1, 0.15) is 32.8 Å². The lowest BCUT2D eigenvalue weighted by Crippen LogP contribution is -2.16. The Hall–Kier alpha value is -1.39. The molecule has 0 radical (unpaired) electrons. The molecule has 0 atom stereocenters. The van der Waals surface area contributed by atoms with Crippen LogP contribution in [0.25, 0.3) is 0 Å². The van der Waals surface area contributed by atoms with Gasteiger partial charge in [0, 0.05) is 12.2 Å². The molecule has 0 heterocycles. The number of rotatable bonds is 8. The van der Waals surface area contributed by atoms with Crippen LogP contribution in [-0.2, 0) is 16.1 Å². The molecule has 0 saturated carbocycles. The highest BCUT2D eigenvalue weighted by atomic mass is 16.5. The molecule has 0 aliphatic rings. The third kappa shape index (κ3) is 6.94. The van der Waals surface area contributed by atoms with Crippen molar-refractivity contribution >= 4 is 11.6 Å². The molecule has 1 amide bonds. The van der Waals surface area contributed by atoms with E-state index in [1.807, 2.05) is 38.1 Å². The molecule has 0 aromatic heterocycles. The molecule has 0 spiro atoms. The van der Waals surface area contributed by atoms with E-state index >= 15 is 0 Å². The first-order valence-corrected chi connectivity index (χ1v) is 6.83. The van der Waals surface area contributed by atoms with Crippen molar-refractivity contribution in [3.63, 3.8) is 0 Å². The summed E-state index contributed by atoms with van der Waals surface area (Å²) in [6.45, 7) is 8.20. The van der Waals surface area contributed by atoms with Crippen molar-refractivity contribution in [3.8, 4) is 0 Å². The van der Waals surface area contributed by atoms with Crippen LogP contribution >= 0.6 is 0 Å². The van der Waals surface area contributed by atoms with E-state index in [1.54, 1.807) is 0 Å². The van der Waals surface area contributed by atoms with Gasteiger partial charge in [0.05, 0.1) is 19.1 Å². The minimum atomic E-state index is -0.0127. The first kappa shape index (κ1) is 15.7. The zero-order chi connectivity index (χ0) is 14.1. The molecule has 19 heavy (non-hydrogen) atoms. The van der Waals surface area contributed by atoms with Crippen molar-refractivity contribution in [1.29, 1.82) is 0 Å². The molecule has 0 saturated heterocycles. The number of hydrogen-bond donors (Lipinski definition) is 2. The number of benzene rings is 1. The molecule has 2 N–H and O–H groups in total. The maximum Gasteiger partial charge on any atom is 0.226 e. The SMILES string of the molecule is CCNCc1cccc(NC(=O)CCOC(C)C)c1. The number of hydrogen-bond acceptors (Lipinski definition) is 3. The summed E-state index contributed by atoms with van der Waals surface area (Å²) in [6.07, 6.45) is 0.548. The first-order valence-electron chi connectivity index (χ1n) is 6.83. The fraction of sp³-hybridized carbons (Fsp3) is 0.533. The highest BCUT2D eigenvalue weighted by Crippen LogP contribution is 2.11. The molecule has 1 aromatic carbocycles. The fourth-order valence-corrected chi connectivity index (χ4v) is 1.64. The average Bonchev–Trinajstić information content (AvgIpc) is 2.36. The predicted molar refractivity (Wildman–Crippen MR) is 78.2 cm³/mol. The third-order valence-electron chi connectivity index (χ3n) is 2.57. The summed E-state index contributed by atoms with van der Waals surface area (Å²) < 4.78 is 5.36.